The molecule has 24 heavy (non-hydrogen) atoms. The van der Waals surface area contributed by atoms with Gasteiger partial charge in [-0.15, -0.1) is 0 Å². The molecule has 0 saturated heterocycles. The van der Waals surface area contributed by atoms with E-state index in [-0.39, 0.29) is 13.0 Å². The van der Waals surface area contributed by atoms with Crippen LogP contribution < -0.4 is 0 Å². The summed E-state index contributed by atoms with van der Waals surface area (Å²) in [5.74, 6) is -1.75. The van der Waals surface area contributed by atoms with Gasteiger partial charge < -0.3 is 14.2 Å². The Morgan fingerprint density at radius 2 is 2.04 bits per heavy atom. The molecular weight excluding hydrogens is 310 g/mol. The fraction of sp³-hybridized carbons (Fsp3) is 0.294. The summed E-state index contributed by atoms with van der Waals surface area (Å²) >= 11 is 0. The first-order valence-corrected chi connectivity index (χ1v) is 7.39. The van der Waals surface area contributed by atoms with E-state index in [0.29, 0.717) is 12.1 Å². The maximum atomic E-state index is 12.4. The molecule has 1 aromatic heterocycles. The lowest BCUT2D eigenvalue weighted by molar-refractivity contribution is -0.154. The van der Waals surface area contributed by atoms with E-state index >= 15 is 0 Å². The molecule has 1 amide bonds. The van der Waals surface area contributed by atoms with Gasteiger partial charge in [0, 0.05) is 26.2 Å². The molecule has 1 atom stereocenters. The highest BCUT2D eigenvalue weighted by molar-refractivity contribution is 6.35. The Hall–Kier alpha value is -2.96. The van der Waals surface area contributed by atoms with E-state index in [1.165, 1.54) is 4.90 Å². The number of hydrogen-bond acceptors (Lipinski definition) is 5. The molecule has 0 unspecified atom stereocenters. The summed E-state index contributed by atoms with van der Waals surface area (Å²) in [6.07, 6.45) is 4.04. The van der Waals surface area contributed by atoms with Gasteiger partial charge in [-0.2, -0.15) is 0 Å². The van der Waals surface area contributed by atoms with Gasteiger partial charge in [-0.3, -0.25) is 9.59 Å². The van der Waals surface area contributed by atoms with E-state index in [2.05, 4.69) is 9.72 Å². The van der Waals surface area contributed by atoms with Crippen LogP contribution in [-0.4, -0.2) is 45.8 Å². The monoisotopic (exact) mass is 329 g/mol. The number of Topliss-reactive ketones (excluding diaryl/α,β-unsaturated/α-hetero) is 1. The number of rotatable bonds is 8. The summed E-state index contributed by atoms with van der Waals surface area (Å²) in [6.45, 7) is 0.213. The number of ketones is 1. The fourth-order valence-corrected chi connectivity index (χ4v) is 2.38. The van der Waals surface area contributed by atoms with Crippen molar-refractivity contribution >= 4 is 18.2 Å². The summed E-state index contributed by atoms with van der Waals surface area (Å²) in [5, 5.41) is 0. The molecule has 2 rings (SSSR count). The fourth-order valence-electron chi connectivity index (χ4n) is 2.38. The van der Waals surface area contributed by atoms with Crippen LogP contribution in [0, 0.1) is 0 Å². The maximum Gasteiger partial charge on any atom is 0.376 e. The zero-order chi connectivity index (χ0) is 17.5. The minimum absolute atomic E-state index is 0.139. The topological polar surface area (TPSA) is 81.5 Å². The molecule has 7 heteroatoms. The van der Waals surface area contributed by atoms with Gasteiger partial charge in [-0.05, 0) is 5.56 Å². The molecule has 0 spiro atoms. The van der Waals surface area contributed by atoms with Crippen molar-refractivity contribution in [3.8, 4) is 0 Å². The average molecular weight is 329 g/mol. The van der Waals surface area contributed by atoms with E-state index in [9.17, 15) is 14.4 Å². The Labute approximate surface area is 139 Å². The molecule has 2 aromatic rings. The van der Waals surface area contributed by atoms with Gasteiger partial charge in [0.1, 0.15) is 6.04 Å². The van der Waals surface area contributed by atoms with Crippen LogP contribution in [0.4, 0.5) is 0 Å². The minimum Gasteiger partial charge on any atom is -0.463 e. The lowest BCUT2D eigenvalue weighted by atomic mass is 10.0. The lowest BCUT2D eigenvalue weighted by Crippen LogP contribution is -2.45. The molecule has 0 fully saturated rings. The smallest absolute Gasteiger partial charge is 0.376 e. The molecule has 1 heterocycles. The number of hydrogen-bond donors (Lipinski definition) is 0. The van der Waals surface area contributed by atoms with E-state index < -0.39 is 17.8 Å². The first-order chi connectivity index (χ1) is 11.5. The number of esters is 1. The highest BCUT2D eigenvalue weighted by Gasteiger charge is 2.32. The van der Waals surface area contributed by atoms with Gasteiger partial charge in [-0.25, -0.2) is 9.78 Å². The molecule has 0 N–H and O–H groups in total. The number of nitrogens with zero attached hydrogens (tertiary/aromatic N) is 3. The molecule has 0 aliphatic heterocycles. The molecule has 7 nitrogen and oxygen atoms in total. The van der Waals surface area contributed by atoms with Gasteiger partial charge >= 0.3 is 5.97 Å². The van der Waals surface area contributed by atoms with Crippen LogP contribution in [-0.2, 0) is 39.1 Å². The molecule has 126 valence electrons. The van der Waals surface area contributed by atoms with Crippen LogP contribution in [0.3, 0.4) is 0 Å². The van der Waals surface area contributed by atoms with Crippen LogP contribution >= 0.6 is 0 Å². The molecule has 0 radical (unpaired) electrons. The van der Waals surface area contributed by atoms with Gasteiger partial charge in [0.25, 0.3) is 5.78 Å². The van der Waals surface area contributed by atoms with Crippen molar-refractivity contribution in [2.75, 3.05) is 7.11 Å². The molecule has 0 bridgehead atoms. The second-order valence-electron chi connectivity index (χ2n) is 5.37. The molecule has 0 aliphatic carbocycles. The second-order valence-corrected chi connectivity index (χ2v) is 5.37. The number of imidazole rings is 1. The van der Waals surface area contributed by atoms with Crippen LogP contribution in [0.1, 0.15) is 11.3 Å². The number of aromatic nitrogens is 2. The van der Waals surface area contributed by atoms with Crippen molar-refractivity contribution in [2.24, 2.45) is 7.05 Å². The quantitative estimate of drug-likeness (QED) is 0.405. The Morgan fingerprint density at radius 1 is 1.33 bits per heavy atom. The zero-order valence-electron chi connectivity index (χ0n) is 13.6. The van der Waals surface area contributed by atoms with E-state index in [0.717, 1.165) is 12.7 Å². The van der Waals surface area contributed by atoms with Crippen molar-refractivity contribution < 1.29 is 19.1 Å². The normalized spacial score (nSPS) is 11.6. The Balaban J connectivity index is 2.26. The predicted octanol–water partition coefficient (Wildman–Crippen LogP) is 0.732. The third-order valence-corrected chi connectivity index (χ3v) is 3.59. The summed E-state index contributed by atoms with van der Waals surface area (Å²) in [6, 6.07) is 8.26. The highest BCUT2D eigenvalue weighted by atomic mass is 16.5. The summed E-state index contributed by atoms with van der Waals surface area (Å²) < 4.78 is 6.26. The first-order valence-electron chi connectivity index (χ1n) is 7.39. The summed E-state index contributed by atoms with van der Waals surface area (Å²) in [7, 11) is 2.94. The maximum absolute atomic E-state index is 12.4. The number of carbonyl (C=O) groups excluding carboxylic acids is 3. The Kier molecular flexibility index (Phi) is 5.83. The van der Waals surface area contributed by atoms with E-state index in [4.69, 9.17) is 0 Å². The summed E-state index contributed by atoms with van der Waals surface area (Å²) in [4.78, 5) is 41.1. The highest BCUT2D eigenvalue weighted by Crippen LogP contribution is 2.12. The standard InChI is InChI=1S/C17H19N3O4/c1-19-10-14(18-11-19)8-15(16(22)17(23)24-2)20(12-21)9-13-6-4-3-5-7-13/h3-7,10-12,15H,8-9H2,1-2H3/t15-/m0/s1. The lowest BCUT2D eigenvalue weighted by Gasteiger charge is -2.26. The van der Waals surface area contributed by atoms with Gasteiger partial charge in [0.05, 0.1) is 19.1 Å². The van der Waals surface area contributed by atoms with Gasteiger partial charge in [0.15, 0.2) is 0 Å². The van der Waals surface area contributed by atoms with Crippen LogP contribution in [0.25, 0.3) is 0 Å². The van der Waals surface area contributed by atoms with Crippen LogP contribution in [0.2, 0.25) is 0 Å². The predicted molar refractivity (Wildman–Crippen MR) is 85.8 cm³/mol. The van der Waals surface area contributed by atoms with Crippen molar-refractivity contribution in [3.05, 3.63) is 54.1 Å². The number of aryl methyl sites for hydroxylation is 1. The first kappa shape index (κ1) is 17.4. The average Bonchev–Trinajstić information content (AvgIpc) is 3.02. The van der Waals surface area contributed by atoms with Crippen molar-refractivity contribution in [1.29, 1.82) is 0 Å². The number of carbonyl (C=O) groups is 3. The third kappa shape index (κ3) is 4.28. The van der Waals surface area contributed by atoms with E-state index in [1.54, 1.807) is 24.1 Å². The van der Waals surface area contributed by atoms with Gasteiger partial charge in [-0.1, -0.05) is 30.3 Å². The molecule has 1 aromatic carbocycles. The number of benzene rings is 1. The minimum atomic E-state index is -0.976. The second kappa shape index (κ2) is 8.05. The molecular formula is C17H19N3O4. The summed E-state index contributed by atoms with van der Waals surface area (Å²) in [5.41, 5.74) is 1.47. The molecule has 0 saturated carbocycles. The van der Waals surface area contributed by atoms with Crippen molar-refractivity contribution in [1.82, 2.24) is 14.5 Å². The zero-order valence-corrected chi connectivity index (χ0v) is 13.6. The molecule has 0 aliphatic rings. The Bertz CT molecular complexity index is 712. The van der Waals surface area contributed by atoms with Crippen molar-refractivity contribution in [3.63, 3.8) is 0 Å². The third-order valence-electron chi connectivity index (χ3n) is 3.59. The van der Waals surface area contributed by atoms with Crippen LogP contribution in [0.15, 0.2) is 42.9 Å². The number of amides is 1. The van der Waals surface area contributed by atoms with Crippen molar-refractivity contribution in [2.45, 2.75) is 19.0 Å². The van der Waals surface area contributed by atoms with E-state index in [1.807, 2.05) is 30.3 Å². The van der Waals surface area contributed by atoms with Gasteiger partial charge in [0.2, 0.25) is 6.41 Å². The number of methoxy groups -OCH3 is 1. The van der Waals surface area contributed by atoms with Crippen LogP contribution in [0.5, 0.6) is 0 Å². The number of ether oxygens (including phenoxy) is 1. The largest absolute Gasteiger partial charge is 0.463 e. The SMILES string of the molecule is COC(=O)C(=O)[C@H](Cc1cn(C)cn1)N(C=O)Cc1ccccc1. The Morgan fingerprint density at radius 3 is 2.58 bits per heavy atom.